The molecular weight excluding hydrogens is 152 g/mol. The van der Waals surface area contributed by atoms with Crippen LogP contribution in [0.5, 0.6) is 0 Å². The van der Waals surface area contributed by atoms with Crippen LogP contribution in [0.25, 0.3) is 0 Å². The number of nitrogens with zero attached hydrogens (tertiary/aromatic N) is 1. The molecule has 72 valence electrons. The average molecular weight is 172 g/mol. The quantitative estimate of drug-likeness (QED) is 0.507. The number of methoxy groups -OCH3 is 1. The summed E-state index contributed by atoms with van der Waals surface area (Å²) in [6.45, 7) is 6.21. The lowest BCUT2D eigenvalue weighted by molar-refractivity contribution is 0.0602. The highest BCUT2D eigenvalue weighted by atomic mass is 16.5. The molecule has 1 unspecified atom stereocenters. The Morgan fingerprint density at radius 3 is 1.83 bits per heavy atom. The average Bonchev–Trinajstić information content (AvgIpc) is 1.85. The van der Waals surface area contributed by atoms with Crippen LogP contribution in [-0.4, -0.2) is 38.0 Å². The fourth-order valence-electron chi connectivity index (χ4n) is 1.11. The van der Waals surface area contributed by atoms with E-state index >= 15 is 0 Å². The SMILES string of the molecule is COC(C(=N)N(C)C)C(C)(C)C. The minimum Gasteiger partial charge on any atom is -0.373 e. The van der Waals surface area contributed by atoms with E-state index in [1.54, 1.807) is 12.0 Å². The molecule has 0 saturated carbocycles. The number of likely N-dealkylation sites (N-methyl/N-ethyl adjacent to an activating group) is 1. The number of ether oxygens (including phenoxy) is 1. The highest BCUT2D eigenvalue weighted by Gasteiger charge is 2.29. The van der Waals surface area contributed by atoms with Gasteiger partial charge >= 0.3 is 0 Å². The molecule has 3 heteroatoms. The van der Waals surface area contributed by atoms with E-state index in [0.29, 0.717) is 5.84 Å². The fourth-order valence-corrected chi connectivity index (χ4v) is 1.11. The van der Waals surface area contributed by atoms with Crippen LogP contribution in [0.3, 0.4) is 0 Å². The van der Waals surface area contributed by atoms with Crippen molar-refractivity contribution in [1.29, 1.82) is 5.41 Å². The second-order valence-electron chi connectivity index (χ2n) is 4.26. The molecule has 0 aliphatic rings. The van der Waals surface area contributed by atoms with Gasteiger partial charge in [-0.15, -0.1) is 0 Å². The van der Waals surface area contributed by atoms with E-state index in [-0.39, 0.29) is 11.5 Å². The van der Waals surface area contributed by atoms with Crippen LogP contribution in [0.4, 0.5) is 0 Å². The lowest BCUT2D eigenvalue weighted by atomic mass is 9.88. The van der Waals surface area contributed by atoms with Gasteiger partial charge in [-0.1, -0.05) is 20.8 Å². The number of rotatable bonds is 2. The van der Waals surface area contributed by atoms with Crippen molar-refractivity contribution >= 4 is 5.84 Å². The molecule has 0 aliphatic carbocycles. The van der Waals surface area contributed by atoms with Gasteiger partial charge in [0.15, 0.2) is 0 Å². The number of hydrogen-bond donors (Lipinski definition) is 1. The normalized spacial score (nSPS) is 14.2. The van der Waals surface area contributed by atoms with Gasteiger partial charge in [0.2, 0.25) is 0 Å². The van der Waals surface area contributed by atoms with E-state index in [0.717, 1.165) is 0 Å². The Morgan fingerprint density at radius 2 is 1.75 bits per heavy atom. The summed E-state index contributed by atoms with van der Waals surface area (Å²) >= 11 is 0. The smallest absolute Gasteiger partial charge is 0.126 e. The van der Waals surface area contributed by atoms with Gasteiger partial charge in [0.05, 0.1) is 0 Å². The third-order valence-electron chi connectivity index (χ3n) is 1.75. The highest BCUT2D eigenvalue weighted by Crippen LogP contribution is 2.22. The molecule has 0 heterocycles. The Bertz CT molecular complexity index is 158. The lowest BCUT2D eigenvalue weighted by Gasteiger charge is -2.32. The first kappa shape index (κ1) is 11.4. The second kappa shape index (κ2) is 3.90. The van der Waals surface area contributed by atoms with Crippen molar-refractivity contribution < 1.29 is 4.74 Å². The van der Waals surface area contributed by atoms with Crippen LogP contribution in [0.1, 0.15) is 20.8 Å². The molecule has 0 fully saturated rings. The first-order chi connectivity index (χ1) is 5.30. The molecule has 0 bridgehead atoms. The maximum absolute atomic E-state index is 7.76. The molecule has 1 N–H and O–H groups in total. The van der Waals surface area contributed by atoms with Crippen molar-refractivity contribution in [2.45, 2.75) is 26.9 Å². The summed E-state index contributed by atoms with van der Waals surface area (Å²) < 4.78 is 5.27. The maximum Gasteiger partial charge on any atom is 0.126 e. The first-order valence-corrected chi connectivity index (χ1v) is 4.09. The minimum atomic E-state index is -0.132. The first-order valence-electron chi connectivity index (χ1n) is 4.09. The molecule has 0 aromatic rings. The summed E-state index contributed by atoms with van der Waals surface area (Å²) in [6.07, 6.45) is -0.132. The van der Waals surface area contributed by atoms with E-state index < -0.39 is 0 Å². The summed E-state index contributed by atoms with van der Waals surface area (Å²) in [5.41, 5.74) is -0.0178. The molecule has 0 spiro atoms. The maximum atomic E-state index is 7.76. The number of hydrogen-bond acceptors (Lipinski definition) is 2. The Hall–Kier alpha value is -0.570. The molecule has 0 radical (unpaired) electrons. The molecule has 3 nitrogen and oxygen atoms in total. The second-order valence-corrected chi connectivity index (χ2v) is 4.26. The third-order valence-corrected chi connectivity index (χ3v) is 1.75. The van der Waals surface area contributed by atoms with Crippen LogP contribution in [0.15, 0.2) is 0 Å². The number of nitrogens with one attached hydrogen (secondary N) is 1. The summed E-state index contributed by atoms with van der Waals surface area (Å²) in [6, 6.07) is 0. The molecule has 0 saturated heterocycles. The van der Waals surface area contributed by atoms with Gasteiger partial charge in [-0.3, -0.25) is 5.41 Å². The summed E-state index contributed by atoms with van der Waals surface area (Å²) in [5, 5.41) is 7.76. The standard InChI is InChI=1S/C9H20N2O/c1-9(2,3)7(12-6)8(10)11(4)5/h7,10H,1-6H3. The van der Waals surface area contributed by atoms with Crippen molar-refractivity contribution in [3.63, 3.8) is 0 Å². The zero-order valence-electron chi connectivity index (χ0n) is 8.93. The Balaban J connectivity index is 4.47. The molecule has 0 aliphatic heterocycles. The van der Waals surface area contributed by atoms with Crippen LogP contribution in [0, 0.1) is 10.8 Å². The summed E-state index contributed by atoms with van der Waals surface area (Å²) in [4.78, 5) is 1.78. The summed E-state index contributed by atoms with van der Waals surface area (Å²) in [5.74, 6) is 0.519. The molecule has 12 heavy (non-hydrogen) atoms. The monoisotopic (exact) mass is 172 g/mol. The van der Waals surface area contributed by atoms with Crippen LogP contribution >= 0.6 is 0 Å². The van der Waals surface area contributed by atoms with E-state index in [1.165, 1.54) is 0 Å². The van der Waals surface area contributed by atoms with Gasteiger partial charge in [-0.2, -0.15) is 0 Å². The van der Waals surface area contributed by atoms with Crippen molar-refractivity contribution in [3.05, 3.63) is 0 Å². The zero-order chi connectivity index (χ0) is 9.94. The number of amidine groups is 1. The predicted octanol–water partition coefficient (Wildman–Crippen LogP) is 1.59. The van der Waals surface area contributed by atoms with Crippen molar-refractivity contribution in [1.82, 2.24) is 4.90 Å². The molecule has 0 amide bonds. The molecule has 1 atom stereocenters. The van der Waals surface area contributed by atoms with Gasteiger partial charge in [-0.05, 0) is 5.41 Å². The minimum absolute atomic E-state index is 0.0178. The van der Waals surface area contributed by atoms with Crippen LogP contribution in [0.2, 0.25) is 0 Å². The van der Waals surface area contributed by atoms with Gasteiger partial charge < -0.3 is 9.64 Å². The Morgan fingerprint density at radius 1 is 1.33 bits per heavy atom. The van der Waals surface area contributed by atoms with Gasteiger partial charge in [-0.25, -0.2) is 0 Å². The molecule has 0 aromatic carbocycles. The molecule has 0 rings (SSSR count). The highest BCUT2D eigenvalue weighted by molar-refractivity contribution is 5.83. The van der Waals surface area contributed by atoms with E-state index in [4.69, 9.17) is 10.1 Å². The molecule has 0 aromatic heterocycles. The van der Waals surface area contributed by atoms with Gasteiger partial charge in [0.25, 0.3) is 0 Å². The van der Waals surface area contributed by atoms with Crippen molar-refractivity contribution in [2.75, 3.05) is 21.2 Å². The van der Waals surface area contributed by atoms with Crippen molar-refractivity contribution in [2.24, 2.45) is 5.41 Å². The lowest BCUT2D eigenvalue weighted by Crippen LogP contribution is -2.42. The largest absolute Gasteiger partial charge is 0.373 e. The topological polar surface area (TPSA) is 36.3 Å². The Kier molecular flexibility index (Phi) is 3.71. The van der Waals surface area contributed by atoms with Crippen LogP contribution in [-0.2, 0) is 4.74 Å². The van der Waals surface area contributed by atoms with E-state index in [2.05, 4.69) is 20.8 Å². The zero-order valence-corrected chi connectivity index (χ0v) is 8.93. The van der Waals surface area contributed by atoms with Gasteiger partial charge in [0.1, 0.15) is 11.9 Å². The summed E-state index contributed by atoms with van der Waals surface area (Å²) in [7, 11) is 5.37. The van der Waals surface area contributed by atoms with Crippen molar-refractivity contribution in [3.8, 4) is 0 Å². The van der Waals surface area contributed by atoms with E-state index in [9.17, 15) is 0 Å². The van der Waals surface area contributed by atoms with Gasteiger partial charge in [0, 0.05) is 21.2 Å². The third kappa shape index (κ3) is 2.81. The predicted molar refractivity (Wildman–Crippen MR) is 51.7 cm³/mol. The fraction of sp³-hybridized carbons (Fsp3) is 0.889. The van der Waals surface area contributed by atoms with Crippen LogP contribution < -0.4 is 0 Å². The van der Waals surface area contributed by atoms with E-state index in [1.807, 2.05) is 14.1 Å². The Labute approximate surface area is 75.2 Å². The molecular formula is C9H20N2O.